The van der Waals surface area contributed by atoms with Crippen LogP contribution in [-0.4, -0.2) is 21.0 Å². The van der Waals surface area contributed by atoms with E-state index < -0.39 is 11.6 Å². The molecule has 0 unspecified atom stereocenters. The molecule has 0 aliphatic heterocycles. The Balaban J connectivity index is 2.33. The van der Waals surface area contributed by atoms with Gasteiger partial charge in [0.1, 0.15) is 11.2 Å². The van der Waals surface area contributed by atoms with Crippen LogP contribution < -0.4 is 0 Å². The van der Waals surface area contributed by atoms with E-state index in [1.807, 2.05) is 43.5 Å². The van der Waals surface area contributed by atoms with Crippen molar-refractivity contribution in [3.05, 3.63) is 33.8 Å². The minimum Gasteiger partial charge on any atom is -0.455 e. The SMILES string of the molecule is CC(C)(C)OC(=O)c1cn2cc(I)ccc2n1. The summed E-state index contributed by atoms with van der Waals surface area (Å²) >= 11 is 2.21. The summed E-state index contributed by atoms with van der Waals surface area (Å²) in [5, 5.41) is 0. The molecule has 0 aliphatic carbocycles. The zero-order valence-electron chi connectivity index (χ0n) is 9.90. The lowest BCUT2D eigenvalue weighted by Crippen LogP contribution is -2.24. The molecule has 17 heavy (non-hydrogen) atoms. The van der Waals surface area contributed by atoms with Crippen LogP contribution in [0.3, 0.4) is 0 Å². The van der Waals surface area contributed by atoms with Crippen LogP contribution in [0, 0.1) is 3.57 Å². The van der Waals surface area contributed by atoms with Crippen molar-refractivity contribution in [3.63, 3.8) is 0 Å². The number of hydrogen-bond acceptors (Lipinski definition) is 3. The number of halogens is 1. The van der Waals surface area contributed by atoms with Crippen LogP contribution in [0.15, 0.2) is 24.5 Å². The first kappa shape index (κ1) is 12.3. The van der Waals surface area contributed by atoms with E-state index in [2.05, 4.69) is 27.6 Å². The Labute approximate surface area is 113 Å². The van der Waals surface area contributed by atoms with E-state index in [-0.39, 0.29) is 0 Å². The van der Waals surface area contributed by atoms with Gasteiger partial charge in [0.2, 0.25) is 0 Å². The fraction of sp³-hybridized carbons (Fsp3) is 0.333. The van der Waals surface area contributed by atoms with Crippen molar-refractivity contribution >= 4 is 34.2 Å². The fourth-order valence-electron chi connectivity index (χ4n) is 1.39. The number of fused-ring (bicyclic) bond motifs is 1. The summed E-state index contributed by atoms with van der Waals surface area (Å²) in [5.74, 6) is -0.392. The minimum atomic E-state index is -0.499. The molecule has 4 nitrogen and oxygen atoms in total. The molecule has 0 N–H and O–H groups in total. The second kappa shape index (κ2) is 4.29. The van der Waals surface area contributed by atoms with Crippen LogP contribution in [0.25, 0.3) is 5.65 Å². The highest BCUT2D eigenvalue weighted by Gasteiger charge is 2.20. The van der Waals surface area contributed by atoms with Crippen LogP contribution in [0.4, 0.5) is 0 Å². The van der Waals surface area contributed by atoms with E-state index in [0.29, 0.717) is 5.69 Å². The number of rotatable bonds is 1. The van der Waals surface area contributed by atoms with Crippen molar-refractivity contribution in [1.29, 1.82) is 0 Å². The van der Waals surface area contributed by atoms with Crippen molar-refractivity contribution in [2.45, 2.75) is 26.4 Å². The van der Waals surface area contributed by atoms with Gasteiger partial charge in [0.05, 0.1) is 0 Å². The average Bonchev–Trinajstić information content (AvgIpc) is 2.57. The van der Waals surface area contributed by atoms with E-state index in [0.717, 1.165) is 9.22 Å². The smallest absolute Gasteiger partial charge is 0.359 e. The van der Waals surface area contributed by atoms with Crippen LogP contribution >= 0.6 is 22.6 Å². The topological polar surface area (TPSA) is 43.6 Å². The van der Waals surface area contributed by atoms with Crippen LogP contribution in [0.1, 0.15) is 31.3 Å². The minimum absolute atomic E-state index is 0.335. The molecule has 2 heterocycles. The molecule has 90 valence electrons. The largest absolute Gasteiger partial charge is 0.455 e. The molecule has 0 amide bonds. The molecule has 2 aromatic heterocycles. The number of ether oxygens (including phenoxy) is 1. The quantitative estimate of drug-likeness (QED) is 0.590. The number of esters is 1. The van der Waals surface area contributed by atoms with Crippen molar-refractivity contribution in [3.8, 4) is 0 Å². The Hall–Kier alpha value is -1.11. The molecular weight excluding hydrogens is 331 g/mol. The molecular formula is C12H13IN2O2. The summed E-state index contributed by atoms with van der Waals surface area (Å²) in [4.78, 5) is 16.0. The number of hydrogen-bond donors (Lipinski definition) is 0. The molecule has 0 aliphatic rings. The predicted molar refractivity (Wildman–Crippen MR) is 73.1 cm³/mol. The van der Waals surface area contributed by atoms with Gasteiger partial charge in [-0.2, -0.15) is 0 Å². The van der Waals surface area contributed by atoms with Crippen LogP contribution in [0.5, 0.6) is 0 Å². The Kier molecular flexibility index (Phi) is 3.11. The standard InChI is InChI=1S/C12H13IN2O2/c1-12(2,3)17-11(16)9-7-15-6-8(13)4-5-10(15)14-9/h4-7H,1-3H3. The maximum Gasteiger partial charge on any atom is 0.359 e. The van der Waals surface area contributed by atoms with Gasteiger partial charge in [-0.15, -0.1) is 0 Å². The van der Waals surface area contributed by atoms with Gasteiger partial charge in [-0.3, -0.25) is 0 Å². The summed E-state index contributed by atoms with van der Waals surface area (Å²) < 4.78 is 8.17. The van der Waals surface area contributed by atoms with Crippen molar-refractivity contribution in [1.82, 2.24) is 9.38 Å². The first-order chi connectivity index (χ1) is 7.85. The van der Waals surface area contributed by atoms with Crippen molar-refractivity contribution in [2.75, 3.05) is 0 Å². The fourth-order valence-corrected chi connectivity index (χ4v) is 1.87. The van der Waals surface area contributed by atoms with E-state index in [9.17, 15) is 4.79 Å². The predicted octanol–water partition coefficient (Wildman–Crippen LogP) is 2.89. The third-order valence-corrected chi connectivity index (χ3v) is 2.66. The highest BCUT2D eigenvalue weighted by Crippen LogP contribution is 2.14. The van der Waals surface area contributed by atoms with Gasteiger partial charge in [-0.1, -0.05) is 0 Å². The maximum absolute atomic E-state index is 11.8. The lowest BCUT2D eigenvalue weighted by atomic mass is 10.2. The lowest BCUT2D eigenvalue weighted by Gasteiger charge is -2.18. The van der Waals surface area contributed by atoms with E-state index in [1.165, 1.54) is 0 Å². The van der Waals surface area contributed by atoms with Gasteiger partial charge in [0.25, 0.3) is 0 Å². The molecule has 0 aromatic carbocycles. The van der Waals surface area contributed by atoms with Crippen molar-refractivity contribution in [2.24, 2.45) is 0 Å². The molecule has 0 fully saturated rings. The highest BCUT2D eigenvalue weighted by atomic mass is 127. The zero-order chi connectivity index (χ0) is 12.6. The first-order valence-corrected chi connectivity index (χ1v) is 6.31. The van der Waals surface area contributed by atoms with E-state index >= 15 is 0 Å². The molecule has 0 atom stereocenters. The molecule has 2 rings (SSSR count). The normalized spacial score (nSPS) is 11.8. The van der Waals surface area contributed by atoms with Gasteiger partial charge in [-0.25, -0.2) is 9.78 Å². The molecule has 5 heteroatoms. The number of imidazole rings is 1. The van der Waals surface area contributed by atoms with Gasteiger partial charge < -0.3 is 9.14 Å². The summed E-state index contributed by atoms with van der Waals surface area (Å²) in [6, 6.07) is 3.82. The monoisotopic (exact) mass is 344 g/mol. The Morgan fingerprint density at radius 3 is 2.71 bits per heavy atom. The molecule has 2 aromatic rings. The molecule has 0 spiro atoms. The number of pyridine rings is 1. The highest BCUT2D eigenvalue weighted by molar-refractivity contribution is 14.1. The van der Waals surface area contributed by atoms with Crippen LogP contribution in [-0.2, 0) is 4.74 Å². The number of nitrogens with zero attached hydrogens (tertiary/aromatic N) is 2. The number of carbonyl (C=O) groups is 1. The molecule has 0 bridgehead atoms. The second-order valence-electron chi connectivity index (χ2n) is 4.74. The van der Waals surface area contributed by atoms with Gasteiger partial charge in [0.15, 0.2) is 5.69 Å². The van der Waals surface area contributed by atoms with Gasteiger partial charge >= 0.3 is 5.97 Å². The third-order valence-electron chi connectivity index (χ3n) is 2.02. The first-order valence-electron chi connectivity index (χ1n) is 5.23. The summed E-state index contributed by atoms with van der Waals surface area (Å²) in [6.45, 7) is 5.51. The molecule has 0 saturated heterocycles. The summed E-state index contributed by atoms with van der Waals surface area (Å²) in [5.41, 5.74) is 0.578. The number of carbonyl (C=O) groups excluding carboxylic acids is 1. The van der Waals surface area contributed by atoms with Gasteiger partial charge in [0, 0.05) is 16.0 Å². The van der Waals surface area contributed by atoms with Gasteiger partial charge in [-0.05, 0) is 55.5 Å². The average molecular weight is 344 g/mol. The number of aromatic nitrogens is 2. The second-order valence-corrected chi connectivity index (χ2v) is 5.99. The summed E-state index contributed by atoms with van der Waals surface area (Å²) in [6.07, 6.45) is 3.60. The van der Waals surface area contributed by atoms with E-state index in [1.54, 1.807) is 6.20 Å². The zero-order valence-corrected chi connectivity index (χ0v) is 12.1. The third kappa shape index (κ3) is 2.96. The lowest BCUT2D eigenvalue weighted by molar-refractivity contribution is 0.00636. The maximum atomic E-state index is 11.8. The Morgan fingerprint density at radius 1 is 1.35 bits per heavy atom. The van der Waals surface area contributed by atoms with Crippen molar-refractivity contribution < 1.29 is 9.53 Å². The van der Waals surface area contributed by atoms with E-state index in [4.69, 9.17) is 4.74 Å². The summed E-state index contributed by atoms with van der Waals surface area (Å²) in [7, 11) is 0. The Morgan fingerprint density at radius 2 is 2.06 bits per heavy atom. The van der Waals surface area contributed by atoms with Crippen LogP contribution in [0.2, 0.25) is 0 Å². The Bertz CT molecular complexity index is 569. The molecule has 0 radical (unpaired) electrons. The molecule has 0 saturated carbocycles.